The van der Waals surface area contributed by atoms with Crippen LogP contribution in [0.1, 0.15) is 13.8 Å². The van der Waals surface area contributed by atoms with Crippen LogP contribution < -0.4 is 11.3 Å². The monoisotopic (exact) mass is 302 g/mol. The quantitative estimate of drug-likeness (QED) is 0.335. The van der Waals surface area contributed by atoms with Gasteiger partial charge >= 0.3 is 5.97 Å². The number of nitrogens with one attached hydrogen (secondary N) is 2. The molecule has 9 heteroatoms. The van der Waals surface area contributed by atoms with Crippen molar-refractivity contribution >= 4 is 46.5 Å². The van der Waals surface area contributed by atoms with Gasteiger partial charge in [0.05, 0.1) is 17.4 Å². The molecule has 0 aromatic carbocycles. The summed E-state index contributed by atoms with van der Waals surface area (Å²) < 4.78 is 4.93. The van der Waals surface area contributed by atoms with E-state index in [9.17, 15) is 9.59 Å². The number of carbonyl (C=O) groups is 1. The van der Waals surface area contributed by atoms with Gasteiger partial charge in [0.1, 0.15) is 5.69 Å². The predicted octanol–water partition coefficient (Wildman–Crippen LogP) is 1.36. The zero-order chi connectivity index (χ0) is 14.4. The van der Waals surface area contributed by atoms with Crippen molar-refractivity contribution in [1.29, 1.82) is 0 Å². The highest BCUT2D eigenvalue weighted by molar-refractivity contribution is 8.14. The Bertz CT molecular complexity index is 606. The van der Waals surface area contributed by atoms with Crippen LogP contribution in [-0.4, -0.2) is 33.3 Å². The second kappa shape index (κ2) is 7.10. The number of aromatic amines is 2. The van der Waals surface area contributed by atoms with Gasteiger partial charge in [0.15, 0.2) is 10.6 Å². The number of aromatic nitrogens is 2. The van der Waals surface area contributed by atoms with Crippen molar-refractivity contribution in [3.8, 4) is 0 Å². The van der Waals surface area contributed by atoms with Crippen LogP contribution in [0.2, 0.25) is 0 Å². The maximum Gasteiger partial charge on any atom is 0.316 e. The van der Waals surface area contributed by atoms with Crippen LogP contribution in [0.4, 0.5) is 11.5 Å². The molecule has 1 rings (SSSR count). The lowest BCUT2D eigenvalue weighted by Crippen LogP contribution is -2.13. The van der Waals surface area contributed by atoms with Gasteiger partial charge in [0.2, 0.25) is 0 Å². The highest BCUT2D eigenvalue weighted by atomic mass is 32.2. The minimum absolute atomic E-state index is 0.0512. The Hall–Kier alpha value is -1.61. The molecule has 0 atom stereocenters. The number of thioether (sulfide) groups is 1. The third-order valence-electron chi connectivity index (χ3n) is 1.93. The molecule has 0 fully saturated rings. The average molecular weight is 302 g/mol. The standard InChI is InChI=1S/C10H14N4O3S2/c1-3-17-6(15)4-19-5(2)12-8-7(11)9(16)14-10(18)13-8/h3-4,11H2,1-2H3,(H2,13,14,16,18). The molecular weight excluding hydrogens is 288 g/mol. The van der Waals surface area contributed by atoms with Crippen molar-refractivity contribution in [3.63, 3.8) is 0 Å². The Kier molecular flexibility index (Phi) is 5.77. The summed E-state index contributed by atoms with van der Waals surface area (Å²) >= 11 is 6.02. The highest BCUT2D eigenvalue weighted by Gasteiger charge is 2.06. The minimum Gasteiger partial charge on any atom is -0.465 e. The third kappa shape index (κ3) is 4.87. The SMILES string of the molecule is CCOC(=O)CSC(C)=Nc1[nH]c(=S)[nH]c(=O)c1N. The van der Waals surface area contributed by atoms with Crippen LogP contribution in [-0.2, 0) is 9.53 Å². The van der Waals surface area contributed by atoms with Gasteiger partial charge in [-0.15, -0.1) is 0 Å². The Morgan fingerprint density at radius 1 is 1.53 bits per heavy atom. The zero-order valence-corrected chi connectivity index (χ0v) is 12.1. The van der Waals surface area contributed by atoms with Gasteiger partial charge in [-0.3, -0.25) is 14.6 Å². The Balaban J connectivity index is 2.82. The van der Waals surface area contributed by atoms with Gasteiger partial charge in [-0.25, -0.2) is 4.99 Å². The first kappa shape index (κ1) is 15.4. The number of carbonyl (C=O) groups excluding carboxylic acids is 1. The second-order valence-electron chi connectivity index (χ2n) is 3.40. The molecule has 0 aliphatic rings. The summed E-state index contributed by atoms with van der Waals surface area (Å²) in [6.07, 6.45) is 0. The van der Waals surface area contributed by atoms with Crippen molar-refractivity contribution in [1.82, 2.24) is 9.97 Å². The van der Waals surface area contributed by atoms with Crippen molar-refractivity contribution < 1.29 is 9.53 Å². The summed E-state index contributed by atoms with van der Waals surface area (Å²) in [6.45, 7) is 3.77. The maximum absolute atomic E-state index is 11.4. The van der Waals surface area contributed by atoms with E-state index in [4.69, 9.17) is 22.7 Å². The summed E-state index contributed by atoms with van der Waals surface area (Å²) in [5, 5.41) is 0.566. The van der Waals surface area contributed by atoms with Crippen LogP contribution >= 0.6 is 24.0 Å². The van der Waals surface area contributed by atoms with Crippen molar-refractivity contribution in [2.45, 2.75) is 13.8 Å². The Labute approximate surface area is 118 Å². The van der Waals surface area contributed by atoms with E-state index < -0.39 is 5.56 Å². The molecule has 0 radical (unpaired) electrons. The number of hydrogen-bond acceptors (Lipinski definition) is 7. The van der Waals surface area contributed by atoms with Gasteiger partial charge in [-0.2, -0.15) is 0 Å². The van der Waals surface area contributed by atoms with Crippen LogP contribution in [0, 0.1) is 4.77 Å². The minimum atomic E-state index is -0.495. The number of anilines is 1. The van der Waals surface area contributed by atoms with Crippen molar-refractivity contribution in [2.75, 3.05) is 18.1 Å². The molecule has 0 saturated heterocycles. The number of nitrogens with zero attached hydrogens (tertiary/aromatic N) is 1. The van der Waals surface area contributed by atoms with E-state index in [-0.39, 0.29) is 28.0 Å². The molecule has 4 N–H and O–H groups in total. The zero-order valence-electron chi connectivity index (χ0n) is 10.5. The first-order valence-electron chi connectivity index (χ1n) is 5.39. The fraction of sp³-hybridized carbons (Fsp3) is 0.400. The lowest BCUT2D eigenvalue weighted by molar-refractivity contribution is -0.139. The molecule has 0 aliphatic heterocycles. The largest absolute Gasteiger partial charge is 0.465 e. The molecule has 7 nitrogen and oxygen atoms in total. The van der Waals surface area contributed by atoms with E-state index >= 15 is 0 Å². The summed E-state index contributed by atoms with van der Waals surface area (Å²) in [5.41, 5.74) is 5.03. The first-order chi connectivity index (χ1) is 8.93. The Morgan fingerprint density at radius 2 is 2.21 bits per heavy atom. The van der Waals surface area contributed by atoms with Crippen LogP contribution in [0.5, 0.6) is 0 Å². The number of esters is 1. The molecule has 0 bridgehead atoms. The second-order valence-corrected chi connectivity index (χ2v) is 4.97. The maximum atomic E-state index is 11.4. The lowest BCUT2D eigenvalue weighted by Gasteiger charge is -2.03. The molecule has 1 aromatic heterocycles. The molecule has 0 saturated carbocycles. The van der Waals surface area contributed by atoms with Gasteiger partial charge < -0.3 is 15.5 Å². The number of H-pyrrole nitrogens is 2. The summed E-state index contributed by atoms with van der Waals surface area (Å²) in [5.74, 6) is 0.00368. The van der Waals surface area contributed by atoms with E-state index in [0.29, 0.717) is 11.7 Å². The van der Waals surface area contributed by atoms with Crippen LogP contribution in [0.3, 0.4) is 0 Å². The van der Waals surface area contributed by atoms with Crippen LogP contribution in [0.25, 0.3) is 0 Å². The molecule has 0 spiro atoms. The first-order valence-corrected chi connectivity index (χ1v) is 6.79. The number of nitrogen functional groups attached to an aromatic ring is 1. The molecule has 1 heterocycles. The van der Waals surface area contributed by atoms with Gasteiger partial charge in [-0.05, 0) is 26.1 Å². The van der Waals surface area contributed by atoms with Gasteiger partial charge in [0, 0.05) is 0 Å². The van der Waals surface area contributed by atoms with Crippen molar-refractivity contribution in [2.24, 2.45) is 4.99 Å². The molecular formula is C10H14N4O3S2. The number of ether oxygens (including phenoxy) is 1. The third-order valence-corrected chi connectivity index (χ3v) is 3.03. The fourth-order valence-corrected chi connectivity index (χ4v) is 1.88. The molecule has 1 aromatic rings. The smallest absolute Gasteiger partial charge is 0.316 e. The number of aliphatic imine (C=N–C) groups is 1. The van der Waals surface area contributed by atoms with Crippen LogP contribution in [0.15, 0.2) is 9.79 Å². The number of nitrogens with two attached hydrogens (primary N) is 1. The van der Waals surface area contributed by atoms with E-state index in [1.54, 1.807) is 13.8 Å². The molecule has 19 heavy (non-hydrogen) atoms. The van der Waals surface area contributed by atoms with E-state index in [0.717, 1.165) is 0 Å². The van der Waals surface area contributed by atoms with Gasteiger partial charge in [-0.1, -0.05) is 11.8 Å². The average Bonchev–Trinajstić information content (AvgIpc) is 2.33. The molecule has 0 aliphatic carbocycles. The van der Waals surface area contributed by atoms with Crippen molar-refractivity contribution in [3.05, 3.63) is 15.1 Å². The number of hydrogen-bond donors (Lipinski definition) is 3. The summed E-state index contributed by atoms with van der Waals surface area (Å²) in [6, 6.07) is 0. The molecule has 104 valence electrons. The number of rotatable bonds is 4. The summed E-state index contributed by atoms with van der Waals surface area (Å²) in [4.78, 5) is 31.7. The predicted molar refractivity (Wildman–Crippen MR) is 78.5 cm³/mol. The van der Waals surface area contributed by atoms with Gasteiger partial charge in [0.25, 0.3) is 5.56 Å². The normalized spacial score (nSPS) is 11.4. The highest BCUT2D eigenvalue weighted by Crippen LogP contribution is 2.16. The molecule has 0 amide bonds. The van der Waals surface area contributed by atoms with E-state index in [2.05, 4.69) is 15.0 Å². The van der Waals surface area contributed by atoms with E-state index in [1.807, 2.05) is 0 Å². The lowest BCUT2D eigenvalue weighted by atomic mass is 10.5. The summed E-state index contributed by atoms with van der Waals surface area (Å²) in [7, 11) is 0. The topological polar surface area (TPSA) is 113 Å². The molecule has 0 unspecified atom stereocenters. The fourth-order valence-electron chi connectivity index (χ4n) is 1.13. The Morgan fingerprint density at radius 3 is 2.84 bits per heavy atom. The van der Waals surface area contributed by atoms with E-state index in [1.165, 1.54) is 11.8 Å².